The minimum atomic E-state index is -1.63. The van der Waals surface area contributed by atoms with E-state index in [-0.39, 0.29) is 0 Å². The van der Waals surface area contributed by atoms with Crippen LogP contribution >= 0.6 is 0 Å². The SMILES string of the molecule is CC(=O)CC(=O)C1C(=O)OC(C)(C)OC1=O. The first-order chi connectivity index (χ1) is 7.23. The molecule has 0 unspecified atom stereocenters. The van der Waals surface area contributed by atoms with Crippen LogP contribution in [0.15, 0.2) is 0 Å². The van der Waals surface area contributed by atoms with Gasteiger partial charge < -0.3 is 9.47 Å². The van der Waals surface area contributed by atoms with Crippen molar-refractivity contribution in [3.63, 3.8) is 0 Å². The first-order valence-corrected chi connectivity index (χ1v) is 4.71. The van der Waals surface area contributed by atoms with Crippen LogP contribution in [0.25, 0.3) is 0 Å². The molecule has 1 heterocycles. The van der Waals surface area contributed by atoms with Crippen molar-refractivity contribution < 1.29 is 28.7 Å². The van der Waals surface area contributed by atoms with Gasteiger partial charge in [0.05, 0.1) is 6.42 Å². The summed E-state index contributed by atoms with van der Waals surface area (Å²) in [5.41, 5.74) is 0. The molecule has 16 heavy (non-hydrogen) atoms. The average Bonchev–Trinajstić information content (AvgIpc) is 1.96. The number of ether oxygens (including phenoxy) is 2. The first-order valence-electron chi connectivity index (χ1n) is 4.71. The second-order valence-corrected chi connectivity index (χ2v) is 4.02. The second kappa shape index (κ2) is 4.03. The Morgan fingerprint density at radius 2 is 1.62 bits per heavy atom. The zero-order valence-electron chi connectivity index (χ0n) is 9.23. The maximum absolute atomic E-state index is 11.4. The zero-order chi connectivity index (χ0) is 12.5. The summed E-state index contributed by atoms with van der Waals surface area (Å²) < 4.78 is 9.49. The van der Waals surface area contributed by atoms with Crippen LogP contribution in [0.2, 0.25) is 0 Å². The molecule has 1 saturated heterocycles. The lowest BCUT2D eigenvalue weighted by Gasteiger charge is -2.32. The van der Waals surface area contributed by atoms with Gasteiger partial charge in [-0.1, -0.05) is 0 Å². The molecule has 0 aromatic carbocycles. The molecule has 0 saturated carbocycles. The van der Waals surface area contributed by atoms with Gasteiger partial charge in [-0.2, -0.15) is 0 Å². The molecule has 0 spiro atoms. The number of rotatable bonds is 3. The fourth-order valence-corrected chi connectivity index (χ4v) is 1.33. The molecule has 6 heteroatoms. The Kier molecular flexibility index (Phi) is 3.11. The summed E-state index contributed by atoms with van der Waals surface area (Å²) in [5.74, 6) is -6.13. The molecule has 0 bridgehead atoms. The van der Waals surface area contributed by atoms with E-state index in [9.17, 15) is 19.2 Å². The molecule has 1 rings (SSSR count). The number of carbonyl (C=O) groups is 4. The van der Waals surface area contributed by atoms with Gasteiger partial charge in [-0.3, -0.25) is 19.2 Å². The van der Waals surface area contributed by atoms with Crippen molar-refractivity contribution in [3.05, 3.63) is 0 Å². The topological polar surface area (TPSA) is 86.7 Å². The lowest BCUT2D eigenvalue weighted by atomic mass is 9.99. The number of carbonyl (C=O) groups excluding carboxylic acids is 4. The second-order valence-electron chi connectivity index (χ2n) is 4.02. The van der Waals surface area contributed by atoms with E-state index in [0.29, 0.717) is 0 Å². The van der Waals surface area contributed by atoms with Crippen LogP contribution in [0.3, 0.4) is 0 Å². The van der Waals surface area contributed by atoms with E-state index in [1.54, 1.807) is 0 Å². The highest BCUT2D eigenvalue weighted by molar-refractivity contribution is 6.19. The molecular formula is C10H12O6. The number of hydrogen-bond donors (Lipinski definition) is 0. The third kappa shape index (κ3) is 2.65. The van der Waals surface area contributed by atoms with Crippen LogP contribution in [0.5, 0.6) is 0 Å². The molecule has 0 aliphatic carbocycles. The van der Waals surface area contributed by atoms with Gasteiger partial charge in [-0.05, 0) is 6.92 Å². The van der Waals surface area contributed by atoms with Crippen LogP contribution in [0.1, 0.15) is 27.2 Å². The summed E-state index contributed by atoms with van der Waals surface area (Å²) >= 11 is 0. The molecule has 1 aliphatic heterocycles. The lowest BCUT2D eigenvalue weighted by Crippen LogP contribution is -2.49. The highest BCUT2D eigenvalue weighted by atomic mass is 16.7. The van der Waals surface area contributed by atoms with Crippen LogP contribution < -0.4 is 0 Å². The van der Waals surface area contributed by atoms with E-state index in [0.717, 1.165) is 0 Å². The molecule has 0 aromatic rings. The van der Waals surface area contributed by atoms with Gasteiger partial charge in [0.25, 0.3) is 5.79 Å². The lowest BCUT2D eigenvalue weighted by molar-refractivity contribution is -0.238. The van der Waals surface area contributed by atoms with Crippen LogP contribution in [-0.4, -0.2) is 29.3 Å². The Balaban J connectivity index is 2.83. The molecule has 88 valence electrons. The third-order valence-corrected chi connectivity index (χ3v) is 1.91. The van der Waals surface area contributed by atoms with Crippen molar-refractivity contribution in [1.82, 2.24) is 0 Å². The molecule has 1 fully saturated rings. The summed E-state index contributed by atoms with van der Waals surface area (Å²) in [4.78, 5) is 44.9. The summed E-state index contributed by atoms with van der Waals surface area (Å²) in [6.07, 6.45) is -0.477. The van der Waals surface area contributed by atoms with Crippen LogP contribution in [-0.2, 0) is 28.7 Å². The van der Waals surface area contributed by atoms with E-state index in [4.69, 9.17) is 9.47 Å². The molecule has 0 atom stereocenters. The van der Waals surface area contributed by atoms with E-state index >= 15 is 0 Å². The highest BCUT2D eigenvalue weighted by Gasteiger charge is 2.47. The molecular weight excluding hydrogens is 216 g/mol. The maximum Gasteiger partial charge on any atom is 0.331 e. The van der Waals surface area contributed by atoms with Crippen molar-refractivity contribution >= 4 is 23.5 Å². The van der Waals surface area contributed by atoms with Gasteiger partial charge in [0, 0.05) is 13.8 Å². The largest absolute Gasteiger partial charge is 0.422 e. The molecule has 0 N–H and O–H groups in total. The Morgan fingerprint density at radius 3 is 2.00 bits per heavy atom. The summed E-state index contributed by atoms with van der Waals surface area (Å²) in [7, 11) is 0. The van der Waals surface area contributed by atoms with Crippen molar-refractivity contribution in [2.24, 2.45) is 5.92 Å². The molecule has 6 nitrogen and oxygen atoms in total. The molecule has 0 amide bonds. The maximum atomic E-state index is 11.4. The van der Waals surface area contributed by atoms with E-state index < -0.39 is 41.6 Å². The standard InChI is InChI=1S/C10H12O6/c1-5(11)4-6(12)7-8(13)15-10(2,3)16-9(7)14/h7H,4H2,1-3H3. The quantitative estimate of drug-likeness (QED) is 0.498. The fourth-order valence-electron chi connectivity index (χ4n) is 1.33. The Morgan fingerprint density at radius 1 is 1.19 bits per heavy atom. The minimum absolute atomic E-state index is 0.421. The predicted octanol–water partition coefficient (Wildman–Crippen LogP) is -0.0131. The van der Waals surface area contributed by atoms with Crippen molar-refractivity contribution in [2.45, 2.75) is 33.0 Å². The fraction of sp³-hybridized carbons (Fsp3) is 0.600. The van der Waals surface area contributed by atoms with E-state index in [2.05, 4.69) is 0 Å². The van der Waals surface area contributed by atoms with Gasteiger partial charge in [0.15, 0.2) is 5.78 Å². The number of ketones is 2. The first kappa shape index (κ1) is 12.4. The zero-order valence-corrected chi connectivity index (χ0v) is 9.23. The van der Waals surface area contributed by atoms with Gasteiger partial charge in [-0.15, -0.1) is 0 Å². The molecule has 0 aromatic heterocycles. The van der Waals surface area contributed by atoms with Crippen molar-refractivity contribution in [3.8, 4) is 0 Å². The predicted molar refractivity (Wildman–Crippen MR) is 50.1 cm³/mol. The van der Waals surface area contributed by atoms with Crippen molar-refractivity contribution in [2.75, 3.05) is 0 Å². The monoisotopic (exact) mass is 228 g/mol. The minimum Gasteiger partial charge on any atom is -0.422 e. The smallest absolute Gasteiger partial charge is 0.331 e. The molecule has 1 aliphatic rings. The summed E-state index contributed by atoms with van der Waals surface area (Å²) in [6, 6.07) is 0. The van der Waals surface area contributed by atoms with Gasteiger partial charge in [-0.25, -0.2) is 0 Å². The summed E-state index contributed by atoms with van der Waals surface area (Å²) in [6.45, 7) is 3.96. The van der Waals surface area contributed by atoms with Gasteiger partial charge in [0.2, 0.25) is 5.92 Å². The number of Topliss-reactive ketones (excluding diaryl/α,β-unsaturated/α-hetero) is 2. The Labute approximate surface area is 91.9 Å². The number of cyclic esters (lactones) is 2. The highest BCUT2D eigenvalue weighted by Crippen LogP contribution is 2.24. The number of hydrogen-bond acceptors (Lipinski definition) is 6. The normalized spacial score (nSPS) is 19.9. The van der Waals surface area contributed by atoms with Gasteiger partial charge >= 0.3 is 11.9 Å². The van der Waals surface area contributed by atoms with E-state index in [1.807, 2.05) is 0 Å². The van der Waals surface area contributed by atoms with Crippen LogP contribution in [0, 0.1) is 5.92 Å². The summed E-state index contributed by atoms with van der Waals surface area (Å²) in [5, 5.41) is 0. The number of esters is 2. The van der Waals surface area contributed by atoms with Gasteiger partial charge in [0.1, 0.15) is 5.78 Å². The van der Waals surface area contributed by atoms with E-state index in [1.165, 1.54) is 20.8 Å². The Hall–Kier alpha value is -1.72. The average molecular weight is 228 g/mol. The third-order valence-electron chi connectivity index (χ3n) is 1.91. The Bertz CT molecular complexity index is 348. The van der Waals surface area contributed by atoms with Crippen LogP contribution in [0.4, 0.5) is 0 Å². The van der Waals surface area contributed by atoms with Crippen molar-refractivity contribution in [1.29, 1.82) is 0 Å². The molecule has 0 radical (unpaired) electrons.